The van der Waals surface area contributed by atoms with Gasteiger partial charge in [0.15, 0.2) is 0 Å². The third-order valence-electron chi connectivity index (χ3n) is 1.28. The van der Waals surface area contributed by atoms with Crippen molar-refractivity contribution in [1.82, 2.24) is 0 Å². The summed E-state index contributed by atoms with van der Waals surface area (Å²) in [6.45, 7) is 13.9. The predicted octanol–water partition coefficient (Wildman–Crippen LogP) is 2.78. The smallest absolute Gasteiger partial charge is 0.351 e. The topological polar surface area (TPSA) is 36.9 Å². The van der Waals surface area contributed by atoms with Crippen molar-refractivity contribution >= 4 is 28.2 Å². The largest absolute Gasteiger partial charge is 0.679 e. The zero-order chi connectivity index (χ0) is 13.7. The average Bonchev–Trinajstić information content (AvgIpc) is 2.18. The number of hydrogen-bond donors (Lipinski definition) is 0. The normalized spacial score (nSPS) is 11.3. The molecular weight excluding hydrogens is 276 g/mol. The lowest BCUT2D eigenvalue weighted by atomic mass is 10.9. The molecule has 0 atom stereocenters. The van der Waals surface area contributed by atoms with Crippen molar-refractivity contribution in [2.75, 3.05) is 26.4 Å². The summed E-state index contributed by atoms with van der Waals surface area (Å²) in [5.74, 6) is 0. The summed E-state index contributed by atoms with van der Waals surface area (Å²) >= 11 is 5.41. The van der Waals surface area contributed by atoms with Crippen molar-refractivity contribution in [2.45, 2.75) is 40.8 Å². The SMILES string of the molecule is CCO[Si](OCC)(OCC)OCC.C[SiH](C)Cl. The molecule has 0 N–H and O–H groups in total. The second-order valence-corrected chi connectivity index (χ2v) is 10.0. The Morgan fingerprint density at radius 3 is 1.06 bits per heavy atom. The standard InChI is InChI=1S/C8H20O4Si.C2H7ClSi/c1-5-9-13(10-6-2,11-7-3)12-8-4;1-4(2)3/h5-8H2,1-4H3;4H,1-2H3. The van der Waals surface area contributed by atoms with Crippen LogP contribution in [0.4, 0.5) is 0 Å². The highest BCUT2D eigenvalue weighted by Gasteiger charge is 2.44. The zero-order valence-electron chi connectivity index (χ0n) is 11.9. The summed E-state index contributed by atoms with van der Waals surface area (Å²) in [6.07, 6.45) is 0. The van der Waals surface area contributed by atoms with Gasteiger partial charge < -0.3 is 17.7 Å². The van der Waals surface area contributed by atoms with Crippen LogP contribution in [0.2, 0.25) is 13.1 Å². The van der Waals surface area contributed by atoms with Gasteiger partial charge in [-0.15, -0.1) is 0 Å². The van der Waals surface area contributed by atoms with E-state index in [1.807, 2.05) is 27.7 Å². The Kier molecular flexibility index (Phi) is 15.2. The molecule has 0 aliphatic carbocycles. The van der Waals surface area contributed by atoms with Crippen molar-refractivity contribution in [1.29, 1.82) is 0 Å². The lowest BCUT2D eigenvalue weighted by molar-refractivity contribution is -0.0247. The first kappa shape index (κ1) is 19.9. The molecule has 17 heavy (non-hydrogen) atoms. The maximum absolute atomic E-state index is 5.42. The molecule has 0 aromatic carbocycles. The molecule has 0 saturated heterocycles. The number of hydrogen-bond acceptors (Lipinski definition) is 4. The highest BCUT2D eigenvalue weighted by atomic mass is 35.6. The van der Waals surface area contributed by atoms with Crippen LogP contribution in [-0.4, -0.2) is 43.6 Å². The van der Waals surface area contributed by atoms with Crippen molar-refractivity contribution in [3.05, 3.63) is 0 Å². The van der Waals surface area contributed by atoms with Gasteiger partial charge in [-0.05, 0) is 27.7 Å². The maximum Gasteiger partial charge on any atom is 0.679 e. The Bertz CT molecular complexity index is 129. The Labute approximate surface area is 113 Å². The van der Waals surface area contributed by atoms with Crippen LogP contribution in [0.25, 0.3) is 0 Å². The fourth-order valence-corrected chi connectivity index (χ4v) is 2.87. The van der Waals surface area contributed by atoms with E-state index < -0.39 is 17.2 Å². The molecular formula is C10H27ClO4Si2. The molecule has 0 radical (unpaired) electrons. The van der Waals surface area contributed by atoms with Gasteiger partial charge in [0.2, 0.25) is 0 Å². The third-order valence-corrected chi connectivity index (χ3v) is 3.85. The summed E-state index contributed by atoms with van der Waals surface area (Å²) in [4.78, 5) is 0. The summed E-state index contributed by atoms with van der Waals surface area (Å²) in [5.41, 5.74) is 0. The second kappa shape index (κ2) is 13.0. The van der Waals surface area contributed by atoms with Gasteiger partial charge in [0.25, 0.3) is 0 Å². The van der Waals surface area contributed by atoms with Gasteiger partial charge in [0.1, 0.15) is 8.11 Å². The molecule has 0 unspecified atom stereocenters. The monoisotopic (exact) mass is 302 g/mol. The molecule has 0 fully saturated rings. The molecule has 0 aromatic rings. The summed E-state index contributed by atoms with van der Waals surface area (Å²) in [7, 11) is -3.46. The summed E-state index contributed by atoms with van der Waals surface area (Å²) in [5, 5.41) is 0. The Balaban J connectivity index is 0. The van der Waals surface area contributed by atoms with E-state index in [4.69, 9.17) is 28.8 Å². The highest BCUT2D eigenvalue weighted by Crippen LogP contribution is 2.11. The van der Waals surface area contributed by atoms with Gasteiger partial charge >= 0.3 is 9.05 Å². The lowest BCUT2D eigenvalue weighted by Gasteiger charge is -2.26. The molecule has 0 aromatic heterocycles. The molecule has 0 bridgehead atoms. The van der Waals surface area contributed by atoms with Crippen molar-refractivity contribution in [2.24, 2.45) is 0 Å². The molecule has 0 rings (SSSR count). The van der Waals surface area contributed by atoms with E-state index in [2.05, 4.69) is 13.1 Å². The second-order valence-electron chi connectivity index (χ2n) is 3.25. The minimum atomic E-state index is -2.80. The minimum absolute atomic E-state index is 0.548. The quantitative estimate of drug-likeness (QED) is 0.510. The first-order valence-electron chi connectivity index (χ1n) is 6.17. The van der Waals surface area contributed by atoms with Crippen LogP contribution in [0.5, 0.6) is 0 Å². The Morgan fingerprint density at radius 2 is 0.941 bits per heavy atom. The molecule has 0 aliphatic rings. The van der Waals surface area contributed by atoms with E-state index in [0.29, 0.717) is 26.4 Å². The van der Waals surface area contributed by atoms with Crippen LogP contribution < -0.4 is 0 Å². The lowest BCUT2D eigenvalue weighted by Crippen LogP contribution is -2.49. The van der Waals surface area contributed by atoms with Gasteiger partial charge in [-0.2, -0.15) is 11.1 Å². The van der Waals surface area contributed by atoms with E-state index in [1.165, 1.54) is 0 Å². The van der Waals surface area contributed by atoms with Crippen LogP contribution in [0.1, 0.15) is 27.7 Å². The fraction of sp³-hybridized carbons (Fsp3) is 1.00. The van der Waals surface area contributed by atoms with Crippen LogP contribution in [0, 0.1) is 0 Å². The van der Waals surface area contributed by atoms with Crippen molar-refractivity contribution < 1.29 is 17.7 Å². The van der Waals surface area contributed by atoms with Gasteiger partial charge in [0, 0.05) is 26.4 Å². The number of halogens is 1. The molecule has 0 spiro atoms. The molecule has 0 saturated carbocycles. The predicted molar refractivity (Wildman–Crippen MR) is 77.0 cm³/mol. The van der Waals surface area contributed by atoms with Crippen molar-refractivity contribution in [3.8, 4) is 0 Å². The molecule has 7 heteroatoms. The molecule has 0 heterocycles. The first-order chi connectivity index (χ1) is 7.97. The van der Waals surface area contributed by atoms with Gasteiger partial charge in [-0.3, -0.25) is 0 Å². The van der Waals surface area contributed by atoms with E-state index in [9.17, 15) is 0 Å². The van der Waals surface area contributed by atoms with Crippen molar-refractivity contribution in [3.63, 3.8) is 0 Å². The zero-order valence-corrected chi connectivity index (χ0v) is 14.8. The van der Waals surface area contributed by atoms with Crippen LogP contribution >= 0.6 is 11.1 Å². The molecule has 0 amide bonds. The Hall–Kier alpha value is 0.564. The maximum atomic E-state index is 5.42. The van der Waals surface area contributed by atoms with Gasteiger partial charge in [0.05, 0.1) is 0 Å². The fourth-order valence-electron chi connectivity index (χ4n) is 0.957. The highest BCUT2D eigenvalue weighted by molar-refractivity contribution is 7.05. The average molecular weight is 303 g/mol. The molecule has 0 aliphatic heterocycles. The number of rotatable bonds is 8. The van der Waals surface area contributed by atoms with Gasteiger partial charge in [-0.25, -0.2) is 0 Å². The third kappa shape index (κ3) is 12.8. The van der Waals surface area contributed by atoms with E-state index in [0.717, 1.165) is 0 Å². The van der Waals surface area contributed by atoms with E-state index in [1.54, 1.807) is 0 Å². The first-order valence-corrected chi connectivity index (χ1v) is 11.9. The molecule has 106 valence electrons. The van der Waals surface area contributed by atoms with E-state index in [-0.39, 0.29) is 0 Å². The minimum Gasteiger partial charge on any atom is -0.351 e. The summed E-state index contributed by atoms with van der Waals surface area (Å²) < 4.78 is 21.7. The Morgan fingerprint density at radius 1 is 0.765 bits per heavy atom. The van der Waals surface area contributed by atoms with Crippen LogP contribution in [0.3, 0.4) is 0 Å². The van der Waals surface area contributed by atoms with Gasteiger partial charge in [-0.1, -0.05) is 13.1 Å². The summed E-state index contributed by atoms with van der Waals surface area (Å²) in [6, 6.07) is 0. The van der Waals surface area contributed by atoms with Crippen LogP contribution in [-0.2, 0) is 17.7 Å². The molecule has 4 nitrogen and oxygen atoms in total. The van der Waals surface area contributed by atoms with E-state index >= 15 is 0 Å². The van der Waals surface area contributed by atoms with Crippen LogP contribution in [0.15, 0.2) is 0 Å².